The summed E-state index contributed by atoms with van der Waals surface area (Å²) in [4.78, 5) is 78.7. The molecule has 0 unspecified atom stereocenters. The highest BCUT2D eigenvalue weighted by Crippen LogP contribution is 2.45. The molecule has 23 aromatic rings. The second-order valence-corrected chi connectivity index (χ2v) is 31.3. The van der Waals surface area contributed by atoms with Gasteiger partial charge in [-0.2, -0.15) is 5.26 Å². The third-order valence-corrected chi connectivity index (χ3v) is 23.2. The van der Waals surface area contributed by atoms with Crippen LogP contribution in [0.4, 0.5) is 0 Å². The zero-order valence-electron chi connectivity index (χ0n) is 69.3. The van der Waals surface area contributed by atoms with Gasteiger partial charge in [-0.3, -0.25) is 0 Å². The van der Waals surface area contributed by atoms with Crippen LogP contribution in [0.2, 0.25) is 0 Å². The topological polar surface area (TPSA) is 227 Å². The van der Waals surface area contributed by atoms with Crippen LogP contribution in [0.15, 0.2) is 413 Å². The monoisotopic (exact) mass is 1660 g/mol. The van der Waals surface area contributed by atoms with E-state index in [9.17, 15) is 5.26 Å². The molecule has 0 radical (unpaired) electrons. The predicted octanol–water partition coefficient (Wildman–Crippen LogP) is 25.3. The molecule has 0 N–H and O–H groups in total. The van der Waals surface area contributed by atoms with Crippen LogP contribution in [0.1, 0.15) is 5.56 Å². The first-order chi connectivity index (χ1) is 64.3. The molecule has 7 aromatic heterocycles. The highest BCUT2D eigenvalue weighted by atomic mass is 15.1. The van der Waals surface area contributed by atoms with E-state index in [0.29, 0.717) is 115 Å². The minimum Gasteiger partial charge on any atom is -0.308 e. The summed E-state index contributed by atoms with van der Waals surface area (Å²) in [6, 6.07) is 140. The Bertz CT molecular complexity index is 7660. The number of benzene rings is 16. The van der Waals surface area contributed by atoms with E-state index < -0.39 is 0 Å². The molecule has 16 aromatic carbocycles. The molecule has 606 valence electrons. The van der Waals surface area contributed by atoms with Crippen LogP contribution in [0.5, 0.6) is 0 Å². The van der Waals surface area contributed by atoms with Gasteiger partial charge in [0.2, 0.25) is 0 Å². The fraction of sp³-hybridized carbons (Fsp3) is 0. The summed E-state index contributed by atoms with van der Waals surface area (Å²) in [5.41, 5.74) is 18.4. The van der Waals surface area contributed by atoms with E-state index in [2.05, 4.69) is 94.1 Å². The molecule has 0 amide bonds. The van der Waals surface area contributed by atoms with Gasteiger partial charge in [-0.25, -0.2) is 74.8 Å². The second kappa shape index (κ2) is 33.0. The van der Waals surface area contributed by atoms with Crippen LogP contribution < -0.4 is 0 Å². The van der Waals surface area contributed by atoms with Crippen molar-refractivity contribution in [1.82, 2.24) is 83.9 Å². The predicted molar refractivity (Wildman–Crippen MR) is 514 cm³/mol. The lowest BCUT2D eigenvalue weighted by Crippen LogP contribution is -2.05. The summed E-state index contributed by atoms with van der Waals surface area (Å²) in [5.74, 6) is 7.48. The minimum atomic E-state index is 0.380. The molecule has 0 saturated carbocycles. The van der Waals surface area contributed by atoms with Crippen molar-refractivity contribution >= 4 is 43.6 Å². The Morgan fingerprint density at radius 2 is 0.354 bits per heavy atom. The van der Waals surface area contributed by atoms with Crippen molar-refractivity contribution in [2.24, 2.45) is 0 Å². The van der Waals surface area contributed by atoms with Crippen LogP contribution >= 0.6 is 0 Å². The van der Waals surface area contributed by atoms with E-state index in [1.165, 1.54) is 0 Å². The van der Waals surface area contributed by atoms with Crippen molar-refractivity contribution < 1.29 is 0 Å². The largest absolute Gasteiger partial charge is 0.308 e. The molecule has 0 fully saturated rings. The summed E-state index contributed by atoms with van der Waals surface area (Å²) in [5, 5.41) is 15.8. The van der Waals surface area contributed by atoms with Gasteiger partial charge in [-0.1, -0.05) is 322 Å². The van der Waals surface area contributed by atoms with Gasteiger partial charge in [-0.15, -0.1) is 0 Å². The van der Waals surface area contributed by atoms with Gasteiger partial charge in [0.25, 0.3) is 0 Å². The van der Waals surface area contributed by atoms with Crippen LogP contribution in [0.3, 0.4) is 0 Å². The molecular weight excluding hydrogens is 1600 g/mol. The maximum Gasteiger partial charge on any atom is 0.166 e. The van der Waals surface area contributed by atoms with E-state index in [1.807, 2.05) is 334 Å². The number of aromatic nitrogens is 17. The first kappa shape index (κ1) is 76.5. The van der Waals surface area contributed by atoms with E-state index in [0.717, 1.165) is 127 Å². The van der Waals surface area contributed by atoms with Gasteiger partial charge in [0, 0.05) is 111 Å². The number of fused-ring (bicyclic) bond motifs is 6. The zero-order chi connectivity index (χ0) is 86.4. The highest BCUT2D eigenvalue weighted by Gasteiger charge is 2.28. The summed E-state index contributed by atoms with van der Waals surface area (Å²) in [7, 11) is 0. The minimum absolute atomic E-state index is 0.380. The number of nitriles is 1. The maximum atomic E-state index is 12.4. The average molecular weight is 1670 g/mol. The number of rotatable bonds is 18. The number of hydrogen-bond acceptors (Lipinski definition) is 16. The van der Waals surface area contributed by atoms with Crippen molar-refractivity contribution in [2.75, 3.05) is 0 Å². The standard InChI is InChI=1S/C112H68N18/c113-69-91-85(52-31-53-92(91)129-93-60-55-81(108-119-98(70-32-11-1-12-33-70)114-99(120-108)71-34-13-2-14-35-71)65-86(93)87-66-82(56-61-94(87)129)109-121-100(72-36-15-3-16-37-72)115-101(122-109)73-38-17-4-18-39-73)80-54-59-97(90(64-80)112-127-106(78-48-27-9-28-49-78)118-107(128-112)79-50-29-10-30-51-79)130-95-62-57-83(110-123-102(74-40-19-5-20-41-74)116-103(124-110)75-42-21-6-22-43-75)67-88(95)89-68-84(58-63-96(89)130)111-125-104(76-44-23-7-24-45-76)117-105(126-111)77-46-25-8-26-47-77/h1-68H. The smallest absolute Gasteiger partial charge is 0.166 e. The molecule has 0 bridgehead atoms. The molecule has 0 aliphatic rings. The van der Waals surface area contributed by atoms with Gasteiger partial charge >= 0.3 is 0 Å². The molecule has 0 saturated heterocycles. The van der Waals surface area contributed by atoms with E-state index >= 15 is 0 Å². The van der Waals surface area contributed by atoms with E-state index in [-0.39, 0.29) is 0 Å². The Labute approximate surface area is 745 Å². The lowest BCUT2D eigenvalue weighted by atomic mass is 9.96. The Balaban J connectivity index is 0.754. The Morgan fingerprint density at radius 3 is 0.577 bits per heavy atom. The van der Waals surface area contributed by atoms with Gasteiger partial charge in [0.05, 0.1) is 39.0 Å². The van der Waals surface area contributed by atoms with Gasteiger partial charge in [0.1, 0.15) is 6.07 Å². The quantitative estimate of drug-likeness (QED) is 0.0778. The molecule has 23 rings (SSSR count). The lowest BCUT2D eigenvalue weighted by molar-refractivity contribution is 1.06. The molecule has 0 aliphatic carbocycles. The van der Waals surface area contributed by atoms with Crippen LogP contribution in [0.25, 0.3) is 237 Å². The average Bonchev–Trinajstić information content (AvgIpc) is 1.56. The van der Waals surface area contributed by atoms with Crippen LogP contribution in [-0.4, -0.2) is 83.9 Å². The van der Waals surface area contributed by atoms with Crippen LogP contribution in [0, 0.1) is 11.3 Å². The van der Waals surface area contributed by atoms with E-state index in [1.54, 1.807) is 0 Å². The van der Waals surface area contributed by atoms with Crippen molar-refractivity contribution in [3.05, 3.63) is 418 Å². The normalized spacial score (nSPS) is 11.4. The van der Waals surface area contributed by atoms with Gasteiger partial charge in [-0.05, 0) is 96.6 Å². The molecule has 18 heteroatoms. The first-order valence-corrected chi connectivity index (χ1v) is 42.6. The third kappa shape index (κ3) is 14.5. The molecule has 130 heavy (non-hydrogen) atoms. The molecule has 18 nitrogen and oxygen atoms in total. The Kier molecular flexibility index (Phi) is 19.5. The van der Waals surface area contributed by atoms with Crippen LogP contribution in [-0.2, 0) is 0 Å². The molecule has 0 spiro atoms. The zero-order valence-corrected chi connectivity index (χ0v) is 69.3. The highest BCUT2D eigenvalue weighted by molar-refractivity contribution is 6.14. The number of hydrogen-bond donors (Lipinski definition) is 0. The second-order valence-electron chi connectivity index (χ2n) is 31.3. The van der Waals surface area contributed by atoms with Crippen molar-refractivity contribution in [1.29, 1.82) is 5.26 Å². The van der Waals surface area contributed by atoms with Crippen molar-refractivity contribution in [2.45, 2.75) is 0 Å². The van der Waals surface area contributed by atoms with Crippen molar-refractivity contribution in [3.8, 4) is 199 Å². The summed E-state index contributed by atoms with van der Waals surface area (Å²) in [6.45, 7) is 0. The lowest BCUT2D eigenvalue weighted by Gasteiger charge is -2.18. The molecule has 0 atom stereocenters. The SMILES string of the molecule is N#Cc1c(-c2ccc(-n3c4ccc(-c5nc(-c6ccccc6)nc(-c6ccccc6)n5)cc4c4cc(-c5nc(-c6ccccc6)nc(-c6ccccc6)n5)ccc43)c(-c3nc(-c4ccccc4)nc(-c4ccccc4)n3)c2)cccc1-n1c2ccc(-c3nc(-c4ccccc4)nc(-c4ccccc4)n3)cc2c2cc(-c3nc(-c4ccccc4)nc(-c4ccccc4)n3)ccc21. The molecule has 7 heterocycles. The van der Waals surface area contributed by atoms with E-state index in [4.69, 9.17) is 74.8 Å². The summed E-state index contributed by atoms with van der Waals surface area (Å²) < 4.78 is 4.45. The third-order valence-electron chi connectivity index (χ3n) is 23.2. The Hall–Kier alpha value is -18.3. The fourth-order valence-electron chi connectivity index (χ4n) is 17.0. The summed E-state index contributed by atoms with van der Waals surface area (Å²) >= 11 is 0. The Morgan fingerprint density at radius 1 is 0.154 bits per heavy atom. The first-order valence-electron chi connectivity index (χ1n) is 42.6. The summed E-state index contributed by atoms with van der Waals surface area (Å²) in [6.07, 6.45) is 0. The van der Waals surface area contributed by atoms with Crippen molar-refractivity contribution in [3.63, 3.8) is 0 Å². The fourth-order valence-corrected chi connectivity index (χ4v) is 17.0. The molecular formula is C112H68N18. The van der Waals surface area contributed by atoms with Gasteiger partial charge < -0.3 is 9.13 Å². The number of nitrogens with zero attached hydrogens (tertiary/aromatic N) is 18. The molecule has 0 aliphatic heterocycles. The maximum absolute atomic E-state index is 12.4. The van der Waals surface area contributed by atoms with Gasteiger partial charge in [0.15, 0.2) is 87.4 Å².